The molecule has 0 radical (unpaired) electrons. The number of benzene rings is 2. The first kappa shape index (κ1) is 16.7. The van der Waals surface area contributed by atoms with Gasteiger partial charge in [-0.15, -0.1) is 0 Å². The van der Waals surface area contributed by atoms with E-state index in [4.69, 9.17) is 0 Å². The summed E-state index contributed by atoms with van der Waals surface area (Å²) in [7, 11) is 0. The zero-order valence-corrected chi connectivity index (χ0v) is 12.8. The van der Waals surface area contributed by atoms with Crippen LogP contribution in [-0.2, 0) is 0 Å². The number of nitrogens with one attached hydrogen (secondary N) is 2. The number of anilines is 1. The van der Waals surface area contributed by atoms with Crippen molar-refractivity contribution >= 4 is 11.6 Å². The zero-order chi connectivity index (χ0) is 18.1. The molecule has 0 aliphatic rings. The van der Waals surface area contributed by atoms with Crippen molar-refractivity contribution in [2.45, 2.75) is 6.92 Å². The first-order valence-corrected chi connectivity index (χ1v) is 7.13. The second kappa shape index (κ2) is 6.39. The lowest BCUT2D eigenvalue weighted by Gasteiger charge is -2.07. The second-order valence-electron chi connectivity index (χ2n) is 5.33. The number of aryl methyl sites for hydroxylation is 1. The highest BCUT2D eigenvalue weighted by molar-refractivity contribution is 6.03. The molecule has 2 N–H and O–H groups in total. The number of rotatable bonds is 3. The van der Waals surface area contributed by atoms with E-state index < -0.39 is 34.9 Å². The number of amides is 1. The molecule has 1 amide bonds. The van der Waals surface area contributed by atoms with Crippen molar-refractivity contribution in [1.29, 1.82) is 0 Å². The molecule has 0 bridgehead atoms. The Morgan fingerprint density at radius 1 is 1.00 bits per heavy atom. The van der Waals surface area contributed by atoms with Gasteiger partial charge in [0.05, 0.1) is 5.69 Å². The van der Waals surface area contributed by atoms with Crippen LogP contribution >= 0.6 is 0 Å². The third-order valence-electron chi connectivity index (χ3n) is 3.52. The van der Waals surface area contributed by atoms with Crippen molar-refractivity contribution in [1.82, 2.24) is 10.2 Å². The Morgan fingerprint density at radius 3 is 2.20 bits per heavy atom. The smallest absolute Gasteiger partial charge is 0.273 e. The molecule has 0 fully saturated rings. The summed E-state index contributed by atoms with van der Waals surface area (Å²) < 4.78 is 53.6. The molecule has 128 valence electrons. The largest absolute Gasteiger partial charge is 0.316 e. The van der Waals surface area contributed by atoms with Gasteiger partial charge in [-0.2, -0.15) is 5.10 Å². The lowest BCUT2D eigenvalue weighted by atomic mass is 10.1. The standard InChI is InChI=1S/C17H11F4N3O/c1-8-2-4-9(5-3-8)12-7-13(24-23-12)17(25)22-16-14(20)10(18)6-11(19)15(16)21/h2-7H,1H3,(H,22,25)(H,23,24). The highest BCUT2D eigenvalue weighted by atomic mass is 19.2. The number of aromatic amines is 1. The van der Waals surface area contributed by atoms with E-state index in [0.717, 1.165) is 11.1 Å². The third-order valence-corrected chi connectivity index (χ3v) is 3.52. The Hall–Kier alpha value is -3.16. The summed E-state index contributed by atoms with van der Waals surface area (Å²) in [4.78, 5) is 12.1. The Bertz CT molecular complexity index is 925. The van der Waals surface area contributed by atoms with E-state index in [-0.39, 0.29) is 11.8 Å². The maximum absolute atomic E-state index is 13.6. The maximum atomic E-state index is 13.6. The van der Waals surface area contributed by atoms with Gasteiger partial charge < -0.3 is 5.32 Å². The average Bonchev–Trinajstić information content (AvgIpc) is 3.07. The molecule has 0 saturated heterocycles. The Balaban J connectivity index is 1.87. The van der Waals surface area contributed by atoms with Crippen molar-refractivity contribution in [2.24, 2.45) is 0 Å². The van der Waals surface area contributed by atoms with Crippen LogP contribution in [0.2, 0.25) is 0 Å². The van der Waals surface area contributed by atoms with Crippen molar-refractivity contribution in [3.05, 3.63) is 70.9 Å². The fourth-order valence-corrected chi connectivity index (χ4v) is 2.17. The van der Waals surface area contributed by atoms with Crippen LogP contribution in [-0.4, -0.2) is 16.1 Å². The van der Waals surface area contributed by atoms with Crippen LogP contribution < -0.4 is 5.32 Å². The van der Waals surface area contributed by atoms with Crippen LogP contribution in [0.25, 0.3) is 11.3 Å². The topological polar surface area (TPSA) is 57.8 Å². The summed E-state index contributed by atoms with van der Waals surface area (Å²) >= 11 is 0. The maximum Gasteiger partial charge on any atom is 0.273 e. The lowest BCUT2D eigenvalue weighted by molar-refractivity contribution is 0.102. The predicted molar refractivity (Wildman–Crippen MR) is 83.0 cm³/mol. The van der Waals surface area contributed by atoms with Gasteiger partial charge in [0, 0.05) is 11.6 Å². The average molecular weight is 349 g/mol. The summed E-state index contributed by atoms with van der Waals surface area (Å²) in [5.41, 5.74) is 0.857. The van der Waals surface area contributed by atoms with E-state index >= 15 is 0 Å². The van der Waals surface area contributed by atoms with Crippen LogP contribution in [0.3, 0.4) is 0 Å². The van der Waals surface area contributed by atoms with Crippen LogP contribution in [0.15, 0.2) is 36.4 Å². The Kier molecular flexibility index (Phi) is 4.26. The van der Waals surface area contributed by atoms with Crippen molar-refractivity contribution in [2.75, 3.05) is 5.32 Å². The highest BCUT2D eigenvalue weighted by Crippen LogP contribution is 2.25. The molecule has 8 heteroatoms. The van der Waals surface area contributed by atoms with Crippen molar-refractivity contribution in [3.63, 3.8) is 0 Å². The van der Waals surface area contributed by atoms with E-state index in [2.05, 4.69) is 10.2 Å². The molecule has 2 aromatic carbocycles. The van der Waals surface area contributed by atoms with Gasteiger partial charge >= 0.3 is 0 Å². The molecule has 1 heterocycles. The Morgan fingerprint density at radius 2 is 1.60 bits per heavy atom. The zero-order valence-electron chi connectivity index (χ0n) is 12.8. The van der Waals surface area contributed by atoms with E-state index in [0.29, 0.717) is 5.69 Å². The molecule has 1 aromatic heterocycles. The molecule has 0 atom stereocenters. The summed E-state index contributed by atoms with van der Waals surface area (Å²) in [6.07, 6.45) is 0. The number of hydrogen-bond acceptors (Lipinski definition) is 2. The second-order valence-corrected chi connectivity index (χ2v) is 5.33. The van der Waals surface area contributed by atoms with E-state index in [1.807, 2.05) is 24.4 Å². The van der Waals surface area contributed by atoms with Crippen LogP contribution in [0, 0.1) is 30.2 Å². The van der Waals surface area contributed by atoms with E-state index in [9.17, 15) is 22.4 Å². The Labute approximate surface area is 139 Å². The molecule has 3 aromatic rings. The number of carbonyl (C=O) groups excluding carboxylic acids is 1. The number of halogens is 4. The van der Waals surface area contributed by atoms with Crippen LogP contribution in [0.1, 0.15) is 16.1 Å². The van der Waals surface area contributed by atoms with Crippen molar-refractivity contribution in [3.8, 4) is 11.3 Å². The normalized spacial score (nSPS) is 10.8. The van der Waals surface area contributed by atoms with Gasteiger partial charge in [0.25, 0.3) is 5.91 Å². The number of aromatic nitrogens is 2. The highest BCUT2D eigenvalue weighted by Gasteiger charge is 2.22. The van der Waals surface area contributed by atoms with Gasteiger partial charge in [-0.05, 0) is 13.0 Å². The molecule has 4 nitrogen and oxygen atoms in total. The van der Waals surface area contributed by atoms with Crippen LogP contribution in [0.5, 0.6) is 0 Å². The van der Waals surface area contributed by atoms with Crippen LogP contribution in [0.4, 0.5) is 23.2 Å². The third kappa shape index (κ3) is 3.23. The predicted octanol–water partition coefficient (Wildman–Crippen LogP) is 4.19. The number of hydrogen-bond donors (Lipinski definition) is 2. The minimum absolute atomic E-state index is 0.0615. The van der Waals surface area contributed by atoms with Gasteiger partial charge in [0.1, 0.15) is 11.4 Å². The molecule has 25 heavy (non-hydrogen) atoms. The summed E-state index contributed by atoms with van der Waals surface area (Å²) in [5, 5.41) is 8.16. The first-order chi connectivity index (χ1) is 11.9. The van der Waals surface area contributed by atoms with Gasteiger partial charge in [-0.3, -0.25) is 9.89 Å². The quantitative estimate of drug-likeness (QED) is 0.550. The summed E-state index contributed by atoms with van der Waals surface area (Å²) in [5.74, 6) is -7.59. The summed E-state index contributed by atoms with van der Waals surface area (Å²) in [6, 6.07) is 8.69. The van der Waals surface area contributed by atoms with Gasteiger partial charge in [0.15, 0.2) is 23.3 Å². The lowest BCUT2D eigenvalue weighted by Crippen LogP contribution is -2.16. The number of H-pyrrole nitrogens is 1. The minimum Gasteiger partial charge on any atom is -0.316 e. The fraction of sp³-hybridized carbons (Fsp3) is 0.0588. The summed E-state index contributed by atoms with van der Waals surface area (Å²) in [6.45, 7) is 1.91. The van der Waals surface area contributed by atoms with Gasteiger partial charge in [-0.1, -0.05) is 29.8 Å². The van der Waals surface area contributed by atoms with Gasteiger partial charge in [-0.25, -0.2) is 17.6 Å². The number of nitrogens with zero attached hydrogens (tertiary/aromatic N) is 1. The molecule has 0 spiro atoms. The van der Waals surface area contributed by atoms with E-state index in [1.165, 1.54) is 6.07 Å². The molecule has 0 aliphatic carbocycles. The monoisotopic (exact) mass is 349 g/mol. The molecule has 0 saturated carbocycles. The molecule has 0 unspecified atom stereocenters. The fourth-order valence-electron chi connectivity index (χ4n) is 2.17. The minimum atomic E-state index is -1.69. The van der Waals surface area contributed by atoms with E-state index in [1.54, 1.807) is 12.1 Å². The number of carbonyl (C=O) groups is 1. The molecule has 3 rings (SSSR count). The first-order valence-electron chi connectivity index (χ1n) is 7.13. The SMILES string of the molecule is Cc1ccc(-c2cc(C(=O)Nc3c(F)c(F)cc(F)c3F)[nH]n2)cc1. The van der Waals surface area contributed by atoms with Gasteiger partial charge in [0.2, 0.25) is 0 Å². The molecular formula is C17H11F4N3O. The molecule has 0 aliphatic heterocycles. The molecular weight excluding hydrogens is 338 g/mol. The van der Waals surface area contributed by atoms with Crippen molar-refractivity contribution < 1.29 is 22.4 Å².